The normalized spacial score (nSPS) is 16.5. The van der Waals surface area contributed by atoms with E-state index in [1.807, 2.05) is 36.7 Å². The summed E-state index contributed by atoms with van der Waals surface area (Å²) in [6.45, 7) is 1.92. The predicted molar refractivity (Wildman–Crippen MR) is 118 cm³/mol. The summed E-state index contributed by atoms with van der Waals surface area (Å²) in [5.74, 6) is -2.29. The van der Waals surface area contributed by atoms with Gasteiger partial charge in [-0.1, -0.05) is 24.0 Å². The smallest absolute Gasteiger partial charge is 0.326 e. The third-order valence-electron chi connectivity index (χ3n) is 5.08. The second kappa shape index (κ2) is 8.49. The number of methoxy groups -OCH3 is 1. The van der Waals surface area contributed by atoms with Crippen LogP contribution in [0.1, 0.15) is 24.1 Å². The first kappa shape index (κ1) is 21.8. The molecule has 0 aliphatic carbocycles. The highest BCUT2D eigenvalue weighted by Crippen LogP contribution is 2.37. The van der Waals surface area contributed by atoms with E-state index in [-0.39, 0.29) is 17.2 Å². The van der Waals surface area contributed by atoms with E-state index in [0.29, 0.717) is 10.7 Å². The maximum Gasteiger partial charge on any atom is 0.326 e. The lowest BCUT2D eigenvalue weighted by molar-refractivity contribution is -0.146. The molecule has 3 rings (SSSR count). The van der Waals surface area contributed by atoms with Crippen LogP contribution in [0.2, 0.25) is 0 Å². The van der Waals surface area contributed by atoms with E-state index in [0.717, 1.165) is 38.8 Å². The number of nitrogens with zero attached hydrogens (tertiary/aromatic N) is 2. The van der Waals surface area contributed by atoms with Crippen LogP contribution in [0.5, 0.6) is 5.75 Å². The molecule has 1 atom stereocenters. The lowest BCUT2D eigenvalue weighted by atomic mass is 10.1. The Morgan fingerprint density at radius 1 is 1.33 bits per heavy atom. The minimum atomic E-state index is -1.33. The van der Waals surface area contributed by atoms with Gasteiger partial charge in [-0.15, -0.1) is 0 Å². The van der Waals surface area contributed by atoms with Crippen LogP contribution in [0.15, 0.2) is 23.1 Å². The fraction of sp³-hybridized carbons (Fsp3) is 0.300. The van der Waals surface area contributed by atoms with E-state index in [1.165, 1.54) is 0 Å². The van der Waals surface area contributed by atoms with Gasteiger partial charge >= 0.3 is 11.9 Å². The second-order valence-corrected chi connectivity index (χ2v) is 8.46. The molecule has 1 fully saturated rings. The Kier molecular flexibility index (Phi) is 6.18. The average molecular weight is 449 g/mol. The predicted octanol–water partition coefficient (Wildman–Crippen LogP) is 3.01. The largest absolute Gasteiger partial charge is 0.497 e. The van der Waals surface area contributed by atoms with E-state index < -0.39 is 23.9 Å². The minimum Gasteiger partial charge on any atom is -0.497 e. The number of fused-ring (bicyclic) bond motifs is 1. The summed E-state index contributed by atoms with van der Waals surface area (Å²) in [4.78, 5) is 36.8. The van der Waals surface area contributed by atoms with Crippen molar-refractivity contribution >= 4 is 63.1 Å². The highest BCUT2D eigenvalue weighted by atomic mass is 32.2. The summed E-state index contributed by atoms with van der Waals surface area (Å²) in [7, 11) is 3.49. The molecule has 1 saturated heterocycles. The maximum atomic E-state index is 13.0. The van der Waals surface area contributed by atoms with Crippen LogP contribution in [0.3, 0.4) is 0 Å². The van der Waals surface area contributed by atoms with Gasteiger partial charge in [-0.25, -0.2) is 4.79 Å². The lowest BCUT2D eigenvalue weighted by Crippen LogP contribution is -2.44. The van der Waals surface area contributed by atoms with Crippen molar-refractivity contribution in [3.05, 3.63) is 34.4 Å². The standard InChI is InChI=1S/C20H20N2O6S2/c1-10-12(13-8-11(28-3)4-5-14(13)21(10)2)9-16-18(25)22(20(29)30-16)15(19(26)27)6-7-17(23)24/h4-5,8-9,15H,6-7H2,1-3H3,(H,23,24)(H,26,27)/b16-9-. The summed E-state index contributed by atoms with van der Waals surface area (Å²) in [6.07, 6.45) is 1.09. The van der Waals surface area contributed by atoms with Gasteiger partial charge in [0.05, 0.1) is 12.0 Å². The van der Waals surface area contributed by atoms with Crippen LogP contribution in [0, 0.1) is 6.92 Å². The van der Waals surface area contributed by atoms with Crippen LogP contribution in [0.25, 0.3) is 17.0 Å². The maximum absolute atomic E-state index is 13.0. The fourth-order valence-corrected chi connectivity index (χ4v) is 4.73. The van der Waals surface area contributed by atoms with Gasteiger partial charge in [-0.3, -0.25) is 14.5 Å². The van der Waals surface area contributed by atoms with E-state index >= 15 is 0 Å². The molecule has 0 radical (unpaired) electrons. The minimum absolute atomic E-state index is 0.0968. The number of thioether (sulfide) groups is 1. The summed E-state index contributed by atoms with van der Waals surface area (Å²) >= 11 is 6.26. The number of rotatable bonds is 7. The zero-order chi connectivity index (χ0) is 22.2. The van der Waals surface area contributed by atoms with Crippen molar-refractivity contribution in [1.29, 1.82) is 0 Å². The van der Waals surface area contributed by atoms with Gasteiger partial charge in [0.2, 0.25) is 0 Å². The Hall–Kier alpha value is -2.85. The third kappa shape index (κ3) is 3.92. The van der Waals surface area contributed by atoms with Crippen LogP contribution in [-0.4, -0.2) is 55.0 Å². The van der Waals surface area contributed by atoms with Crippen LogP contribution in [-0.2, 0) is 21.4 Å². The fourth-order valence-electron chi connectivity index (χ4n) is 3.39. The number of carbonyl (C=O) groups is 3. The highest BCUT2D eigenvalue weighted by Gasteiger charge is 2.40. The molecule has 8 nitrogen and oxygen atoms in total. The molecule has 1 amide bonds. The Balaban J connectivity index is 2.02. The summed E-state index contributed by atoms with van der Waals surface area (Å²) < 4.78 is 7.40. The quantitative estimate of drug-likeness (QED) is 0.491. The zero-order valence-electron chi connectivity index (χ0n) is 16.5. The van der Waals surface area contributed by atoms with Gasteiger partial charge in [0.25, 0.3) is 5.91 Å². The van der Waals surface area contributed by atoms with Crippen molar-refractivity contribution in [1.82, 2.24) is 9.47 Å². The molecule has 1 unspecified atom stereocenters. The van der Waals surface area contributed by atoms with Crippen molar-refractivity contribution in [2.75, 3.05) is 7.11 Å². The van der Waals surface area contributed by atoms with Crippen molar-refractivity contribution in [2.24, 2.45) is 7.05 Å². The first-order valence-electron chi connectivity index (χ1n) is 9.00. The Morgan fingerprint density at radius 2 is 2.03 bits per heavy atom. The molecule has 158 valence electrons. The van der Waals surface area contributed by atoms with E-state index in [9.17, 15) is 19.5 Å². The number of carboxylic acid groups (broad SMARTS) is 2. The Labute approximate surface area is 182 Å². The first-order valence-corrected chi connectivity index (χ1v) is 10.2. The number of carbonyl (C=O) groups excluding carboxylic acids is 1. The molecule has 30 heavy (non-hydrogen) atoms. The van der Waals surface area contributed by atoms with Crippen molar-refractivity contribution in [3.8, 4) is 5.75 Å². The molecule has 1 aliphatic heterocycles. The van der Waals surface area contributed by atoms with E-state index in [4.69, 9.17) is 22.1 Å². The molecule has 0 saturated carbocycles. The van der Waals surface area contributed by atoms with Gasteiger partial charge in [0.15, 0.2) is 0 Å². The van der Waals surface area contributed by atoms with Crippen LogP contribution in [0.4, 0.5) is 0 Å². The summed E-state index contributed by atoms with van der Waals surface area (Å²) in [5, 5.41) is 19.3. The lowest BCUT2D eigenvalue weighted by Gasteiger charge is -2.22. The molecule has 1 aromatic carbocycles. The first-order chi connectivity index (χ1) is 14.1. The number of amides is 1. The molecular formula is C20H20N2O6S2. The molecule has 10 heteroatoms. The average Bonchev–Trinajstić information content (AvgIpc) is 3.10. The number of carboxylic acids is 2. The SMILES string of the molecule is COc1ccc2c(c1)c(/C=C1\SC(=S)N(C(CCC(=O)O)C(=O)O)C1=O)c(C)n2C. The van der Waals surface area contributed by atoms with Gasteiger partial charge in [0, 0.05) is 35.6 Å². The van der Waals surface area contributed by atoms with Gasteiger partial charge < -0.3 is 19.5 Å². The number of hydrogen-bond donors (Lipinski definition) is 2. The number of benzene rings is 1. The van der Waals surface area contributed by atoms with Gasteiger partial charge in [-0.05, 0) is 37.6 Å². The molecule has 1 aliphatic rings. The molecule has 1 aromatic heterocycles. The molecule has 0 spiro atoms. The van der Waals surface area contributed by atoms with Crippen molar-refractivity contribution < 1.29 is 29.3 Å². The van der Waals surface area contributed by atoms with Crippen LogP contribution >= 0.6 is 24.0 Å². The molecule has 2 N–H and O–H groups in total. The van der Waals surface area contributed by atoms with Crippen LogP contribution < -0.4 is 4.74 Å². The second-order valence-electron chi connectivity index (χ2n) is 6.78. The van der Waals surface area contributed by atoms with Crippen molar-refractivity contribution in [3.63, 3.8) is 0 Å². The monoisotopic (exact) mass is 448 g/mol. The topological polar surface area (TPSA) is 109 Å². The number of hydrogen-bond acceptors (Lipinski definition) is 6. The number of aryl methyl sites for hydroxylation is 1. The summed E-state index contributed by atoms with van der Waals surface area (Å²) in [6, 6.07) is 4.33. The molecule has 2 aromatic rings. The number of ether oxygens (including phenoxy) is 1. The summed E-state index contributed by atoms with van der Waals surface area (Å²) in [5.41, 5.74) is 2.69. The van der Waals surface area contributed by atoms with Gasteiger partial charge in [-0.2, -0.15) is 0 Å². The van der Waals surface area contributed by atoms with Crippen molar-refractivity contribution in [2.45, 2.75) is 25.8 Å². The Morgan fingerprint density at radius 3 is 2.63 bits per heavy atom. The third-order valence-corrected chi connectivity index (χ3v) is 6.41. The Bertz CT molecular complexity index is 1100. The molecular weight excluding hydrogens is 428 g/mol. The highest BCUT2D eigenvalue weighted by molar-refractivity contribution is 8.26. The van der Waals surface area contributed by atoms with Gasteiger partial charge in [0.1, 0.15) is 16.1 Å². The van der Waals surface area contributed by atoms with E-state index in [2.05, 4.69) is 0 Å². The molecule has 2 heterocycles. The van der Waals surface area contributed by atoms with E-state index in [1.54, 1.807) is 13.2 Å². The number of aromatic nitrogens is 1. The number of aliphatic carboxylic acids is 2. The zero-order valence-corrected chi connectivity index (χ0v) is 18.2. The number of thiocarbonyl (C=S) groups is 1. The molecule has 0 bridgehead atoms.